The zero-order valence-corrected chi connectivity index (χ0v) is 24.4. The number of carbonyl (C=O) groups is 3. The van der Waals surface area contributed by atoms with Crippen LogP contribution in [0.25, 0.3) is 0 Å². The zero-order valence-electron chi connectivity index (χ0n) is 22.8. The van der Waals surface area contributed by atoms with E-state index in [4.69, 9.17) is 30.9 Å². The fourth-order valence-corrected chi connectivity index (χ4v) is 5.33. The Balaban J connectivity index is 1.80. The molecular weight excluding hydrogens is 574 g/mol. The summed E-state index contributed by atoms with van der Waals surface area (Å²) in [5.74, 6) is -1.44. The molecule has 2 aromatic carbocycles. The van der Waals surface area contributed by atoms with Crippen LogP contribution in [0.4, 0.5) is 10.8 Å². The van der Waals surface area contributed by atoms with Crippen molar-refractivity contribution in [1.82, 2.24) is 4.98 Å². The van der Waals surface area contributed by atoms with E-state index in [9.17, 15) is 19.5 Å². The number of thiazole rings is 1. The molecule has 0 saturated carbocycles. The summed E-state index contributed by atoms with van der Waals surface area (Å²) in [4.78, 5) is 43.8. The first-order valence-corrected chi connectivity index (χ1v) is 13.7. The molecule has 0 saturated heterocycles. The smallest absolute Gasteiger partial charge is 0.347 e. The fourth-order valence-electron chi connectivity index (χ4n) is 4.47. The number of carboxylic acid groups (broad SMARTS) is 1. The van der Waals surface area contributed by atoms with E-state index in [1.807, 2.05) is 13.8 Å². The molecule has 2 atom stereocenters. The molecule has 0 aliphatic carbocycles. The van der Waals surface area contributed by atoms with E-state index < -0.39 is 41.8 Å². The number of hydrogen-bond donors (Lipinski definition) is 3. The summed E-state index contributed by atoms with van der Waals surface area (Å²) in [5, 5.41) is 22.2. The van der Waals surface area contributed by atoms with E-state index in [-0.39, 0.29) is 23.2 Å². The number of halogens is 1. The lowest BCUT2D eigenvalue weighted by Gasteiger charge is -2.32. The summed E-state index contributed by atoms with van der Waals surface area (Å²) >= 11 is 7.22. The number of nitrogens with one attached hydrogen (secondary N) is 1. The third-order valence-electron chi connectivity index (χ3n) is 6.47. The van der Waals surface area contributed by atoms with Gasteiger partial charge in [0, 0.05) is 40.4 Å². The molecule has 3 aromatic rings. The van der Waals surface area contributed by atoms with Crippen molar-refractivity contribution in [3.63, 3.8) is 0 Å². The van der Waals surface area contributed by atoms with Crippen LogP contribution in [-0.2, 0) is 14.3 Å². The van der Waals surface area contributed by atoms with Gasteiger partial charge in [-0.05, 0) is 24.3 Å². The van der Waals surface area contributed by atoms with E-state index >= 15 is 0 Å². The molecule has 0 spiro atoms. The SMILES string of the molecule is COc1cccc([C@H]2O[C@H](CC(=O)Nc3ncc(C(=O)O)s3)C(=O)N(CC(C)(C)CO)c3ccc(Cl)cc32)c1OC. The number of carbonyl (C=O) groups excluding carboxylic acids is 2. The Morgan fingerprint density at radius 3 is 2.59 bits per heavy atom. The van der Waals surface area contributed by atoms with Crippen molar-refractivity contribution in [1.29, 1.82) is 0 Å². The number of rotatable bonds is 10. The molecule has 1 aliphatic heterocycles. The van der Waals surface area contributed by atoms with Gasteiger partial charge in [-0.2, -0.15) is 0 Å². The number of methoxy groups -OCH3 is 2. The van der Waals surface area contributed by atoms with Gasteiger partial charge in [0.2, 0.25) is 5.91 Å². The molecular formula is C28H30ClN3O8S. The molecule has 0 radical (unpaired) electrons. The number of carboxylic acids is 1. The Bertz CT molecular complexity index is 1460. The van der Waals surface area contributed by atoms with Crippen LogP contribution in [-0.4, -0.2) is 66.5 Å². The van der Waals surface area contributed by atoms with Crippen LogP contribution in [0.1, 0.15) is 47.2 Å². The Morgan fingerprint density at radius 1 is 1.20 bits per heavy atom. The molecule has 2 amide bonds. The van der Waals surface area contributed by atoms with Gasteiger partial charge in [-0.25, -0.2) is 9.78 Å². The van der Waals surface area contributed by atoms with Crippen molar-refractivity contribution in [2.24, 2.45) is 5.41 Å². The number of aliphatic hydroxyl groups excluding tert-OH is 1. The van der Waals surface area contributed by atoms with Crippen LogP contribution in [0.2, 0.25) is 5.02 Å². The molecule has 41 heavy (non-hydrogen) atoms. The van der Waals surface area contributed by atoms with Crippen molar-refractivity contribution in [3.8, 4) is 11.5 Å². The van der Waals surface area contributed by atoms with Gasteiger partial charge in [-0.15, -0.1) is 0 Å². The summed E-state index contributed by atoms with van der Waals surface area (Å²) in [5.41, 5.74) is 0.911. The third kappa shape index (κ3) is 6.62. The van der Waals surface area contributed by atoms with E-state index in [0.717, 1.165) is 17.5 Å². The highest BCUT2D eigenvalue weighted by Crippen LogP contribution is 2.45. The summed E-state index contributed by atoms with van der Waals surface area (Å²) < 4.78 is 17.6. The van der Waals surface area contributed by atoms with Crippen LogP contribution in [0, 0.1) is 5.41 Å². The van der Waals surface area contributed by atoms with E-state index in [2.05, 4.69) is 10.3 Å². The molecule has 1 aromatic heterocycles. The monoisotopic (exact) mass is 603 g/mol. The molecule has 0 bridgehead atoms. The molecule has 11 nitrogen and oxygen atoms in total. The number of anilines is 2. The first-order valence-electron chi connectivity index (χ1n) is 12.5. The second-order valence-electron chi connectivity index (χ2n) is 10.1. The van der Waals surface area contributed by atoms with Crippen LogP contribution in [0.15, 0.2) is 42.6 Å². The first kappa shape index (κ1) is 30.3. The Hall–Kier alpha value is -3.71. The Labute approximate surface area is 245 Å². The average Bonchev–Trinajstić information content (AvgIpc) is 3.38. The fraction of sp³-hybridized carbons (Fsp3) is 0.357. The van der Waals surface area contributed by atoms with Crippen molar-refractivity contribution < 1.29 is 38.8 Å². The van der Waals surface area contributed by atoms with Gasteiger partial charge in [-0.3, -0.25) is 9.59 Å². The minimum absolute atomic E-state index is 0.0444. The highest BCUT2D eigenvalue weighted by Gasteiger charge is 2.40. The maximum atomic E-state index is 14.1. The summed E-state index contributed by atoms with van der Waals surface area (Å²) in [6, 6.07) is 10.3. The van der Waals surface area contributed by atoms with Crippen molar-refractivity contribution in [3.05, 3.63) is 63.6 Å². The maximum absolute atomic E-state index is 14.1. The molecule has 2 heterocycles. The van der Waals surface area contributed by atoms with Gasteiger partial charge >= 0.3 is 5.97 Å². The lowest BCUT2D eigenvalue weighted by atomic mass is 9.92. The van der Waals surface area contributed by atoms with Gasteiger partial charge in [0.15, 0.2) is 16.6 Å². The van der Waals surface area contributed by atoms with E-state index in [1.54, 1.807) is 36.4 Å². The van der Waals surface area contributed by atoms with Crippen LogP contribution in [0.5, 0.6) is 11.5 Å². The van der Waals surface area contributed by atoms with Gasteiger partial charge < -0.3 is 34.6 Å². The largest absolute Gasteiger partial charge is 0.493 e. The van der Waals surface area contributed by atoms with Gasteiger partial charge in [0.1, 0.15) is 17.1 Å². The second kappa shape index (κ2) is 12.4. The van der Waals surface area contributed by atoms with Crippen molar-refractivity contribution in [2.75, 3.05) is 37.6 Å². The number of ether oxygens (including phenoxy) is 3. The highest BCUT2D eigenvalue weighted by atomic mass is 35.5. The number of amides is 2. The quantitative estimate of drug-likeness (QED) is 0.307. The molecule has 218 valence electrons. The van der Waals surface area contributed by atoms with E-state index in [1.165, 1.54) is 19.1 Å². The number of benzene rings is 2. The molecule has 13 heteroatoms. The second-order valence-corrected chi connectivity index (χ2v) is 11.6. The normalized spacial score (nSPS) is 17.0. The highest BCUT2D eigenvalue weighted by molar-refractivity contribution is 7.17. The van der Waals surface area contributed by atoms with Crippen LogP contribution < -0.4 is 19.7 Å². The summed E-state index contributed by atoms with van der Waals surface area (Å²) in [6.07, 6.45) is -1.45. The first-order chi connectivity index (χ1) is 19.5. The average molecular weight is 604 g/mol. The number of fused-ring (bicyclic) bond motifs is 1. The van der Waals surface area contributed by atoms with Crippen LogP contribution >= 0.6 is 22.9 Å². The molecule has 0 fully saturated rings. The predicted molar refractivity (Wildman–Crippen MR) is 153 cm³/mol. The molecule has 0 unspecified atom stereocenters. The zero-order chi connectivity index (χ0) is 29.9. The number of aromatic nitrogens is 1. The van der Waals surface area contributed by atoms with Crippen molar-refractivity contribution in [2.45, 2.75) is 32.5 Å². The Kier molecular flexibility index (Phi) is 9.17. The Morgan fingerprint density at radius 2 is 1.95 bits per heavy atom. The van der Waals surface area contributed by atoms with Crippen LogP contribution in [0.3, 0.4) is 0 Å². The standard InChI is InChI=1S/C28H30ClN3O8S/c1-28(2,14-33)13-32-18-9-8-15(29)10-17(18)23(16-6-5-7-19(38-3)24(16)39-4)40-20(25(32)35)11-22(34)31-27-30-12-21(41-27)26(36)37/h5-10,12,20,23,33H,11,13-14H2,1-4H3,(H,36,37)(H,30,31,34)/t20-,23-/m1/s1. The lowest BCUT2D eigenvalue weighted by molar-refractivity contribution is -0.136. The molecule has 3 N–H and O–H groups in total. The third-order valence-corrected chi connectivity index (χ3v) is 7.60. The topological polar surface area (TPSA) is 148 Å². The number of aliphatic hydroxyl groups is 1. The van der Waals surface area contributed by atoms with Crippen molar-refractivity contribution >= 4 is 51.5 Å². The number of nitrogens with zero attached hydrogens (tertiary/aromatic N) is 2. The molecule has 1 aliphatic rings. The van der Waals surface area contributed by atoms with E-state index in [0.29, 0.717) is 33.3 Å². The lowest BCUT2D eigenvalue weighted by Crippen LogP contribution is -2.46. The number of para-hydroxylation sites is 1. The summed E-state index contributed by atoms with van der Waals surface area (Å²) in [7, 11) is 2.99. The van der Waals surface area contributed by atoms with Gasteiger partial charge in [0.25, 0.3) is 5.91 Å². The minimum atomic E-state index is -1.28. The number of aromatic carboxylic acids is 1. The minimum Gasteiger partial charge on any atom is -0.493 e. The predicted octanol–water partition coefficient (Wildman–Crippen LogP) is 4.38. The molecule has 4 rings (SSSR count). The van der Waals surface area contributed by atoms with Gasteiger partial charge in [0.05, 0.1) is 26.8 Å². The van der Waals surface area contributed by atoms with Gasteiger partial charge in [-0.1, -0.05) is 48.9 Å². The summed E-state index contributed by atoms with van der Waals surface area (Å²) in [6.45, 7) is 3.55. The maximum Gasteiger partial charge on any atom is 0.347 e. The number of hydrogen-bond acceptors (Lipinski definition) is 9.